The summed E-state index contributed by atoms with van der Waals surface area (Å²) in [5.74, 6) is -0.147. The molecule has 2 N–H and O–H groups in total. The summed E-state index contributed by atoms with van der Waals surface area (Å²) >= 11 is 11.6. The highest BCUT2D eigenvalue weighted by molar-refractivity contribution is 7.86. The number of hydrogen-bond donors (Lipinski definition) is 2. The third-order valence-corrected chi connectivity index (χ3v) is 4.55. The maximum absolute atomic E-state index is 11.9. The van der Waals surface area contributed by atoms with E-state index in [-0.39, 0.29) is 28.7 Å². The predicted molar refractivity (Wildman–Crippen MR) is 90.3 cm³/mol. The van der Waals surface area contributed by atoms with Gasteiger partial charge < -0.3 is 5.11 Å². The number of halogens is 2. The summed E-state index contributed by atoms with van der Waals surface area (Å²) in [4.78, 5) is 12.6. The van der Waals surface area contributed by atoms with E-state index in [2.05, 4.69) is 15.0 Å². The van der Waals surface area contributed by atoms with Crippen LogP contribution < -0.4 is 4.90 Å². The summed E-state index contributed by atoms with van der Waals surface area (Å²) in [5.41, 5.74) is 0.321. The zero-order valence-electron chi connectivity index (χ0n) is 12.5. The van der Waals surface area contributed by atoms with Crippen molar-refractivity contribution in [3.8, 4) is 5.75 Å². The molecule has 0 spiro atoms. The fourth-order valence-corrected chi connectivity index (χ4v) is 3.48. The largest absolute Gasteiger partial charge is 0.508 e. The van der Waals surface area contributed by atoms with Crippen LogP contribution in [0.1, 0.15) is 19.8 Å². The zero-order valence-corrected chi connectivity index (χ0v) is 14.8. The molecule has 1 aromatic heterocycles. The van der Waals surface area contributed by atoms with Crippen LogP contribution in [0.25, 0.3) is 0 Å². The van der Waals surface area contributed by atoms with Crippen LogP contribution in [-0.4, -0.2) is 38.4 Å². The zero-order chi connectivity index (χ0) is 17.9. The van der Waals surface area contributed by atoms with Crippen molar-refractivity contribution in [1.82, 2.24) is 15.0 Å². The summed E-state index contributed by atoms with van der Waals surface area (Å²) in [6, 6.07) is 5.63. The van der Waals surface area contributed by atoms with Crippen molar-refractivity contribution >= 4 is 45.0 Å². The molecule has 0 saturated heterocycles. The van der Waals surface area contributed by atoms with Crippen LogP contribution in [0, 0.1) is 0 Å². The Morgan fingerprint density at radius 1 is 1.12 bits per heavy atom. The third kappa shape index (κ3) is 4.44. The Labute approximate surface area is 148 Å². The number of aromatic hydroxyl groups is 1. The lowest BCUT2D eigenvalue weighted by atomic mass is 10.2. The number of phenolic OH excluding ortho intramolecular Hbond substituents is 1. The molecule has 11 heteroatoms. The van der Waals surface area contributed by atoms with Gasteiger partial charge in [-0.1, -0.05) is 13.3 Å². The third-order valence-electron chi connectivity index (χ3n) is 3.08. The lowest BCUT2D eigenvalue weighted by Crippen LogP contribution is -2.39. The van der Waals surface area contributed by atoms with Gasteiger partial charge in [0.2, 0.25) is 16.5 Å². The molecule has 0 aliphatic rings. The van der Waals surface area contributed by atoms with Crippen LogP contribution in [0.2, 0.25) is 10.6 Å². The number of phenols is 1. The van der Waals surface area contributed by atoms with Gasteiger partial charge >= 0.3 is 0 Å². The molecule has 24 heavy (non-hydrogen) atoms. The summed E-state index contributed by atoms with van der Waals surface area (Å²) in [5, 5.41) is 7.62. The molecule has 1 unspecified atom stereocenters. The molecule has 0 radical (unpaired) electrons. The Balaban J connectivity index is 2.66. The van der Waals surface area contributed by atoms with E-state index in [1.54, 1.807) is 6.92 Å². The molecule has 8 nitrogen and oxygen atoms in total. The molecule has 0 bridgehead atoms. The van der Waals surface area contributed by atoms with Gasteiger partial charge in [0, 0.05) is 5.69 Å². The highest BCUT2D eigenvalue weighted by atomic mass is 35.5. The number of rotatable bonds is 6. The van der Waals surface area contributed by atoms with E-state index in [0.29, 0.717) is 12.1 Å². The number of nitrogens with zero attached hydrogens (tertiary/aromatic N) is 4. The van der Waals surface area contributed by atoms with Gasteiger partial charge in [0.15, 0.2) is 5.37 Å². The van der Waals surface area contributed by atoms with Crippen molar-refractivity contribution in [3.05, 3.63) is 34.8 Å². The van der Waals surface area contributed by atoms with Gasteiger partial charge in [-0.05, 0) is 53.9 Å². The highest BCUT2D eigenvalue weighted by Crippen LogP contribution is 2.31. The van der Waals surface area contributed by atoms with Crippen LogP contribution in [0.5, 0.6) is 5.75 Å². The van der Waals surface area contributed by atoms with Crippen molar-refractivity contribution in [2.45, 2.75) is 25.1 Å². The van der Waals surface area contributed by atoms with Crippen LogP contribution in [-0.2, 0) is 10.1 Å². The SMILES string of the molecule is CCCC(N(c1ccc(O)cc1)c1nc(Cl)nc(Cl)n1)S(=O)(=O)O. The van der Waals surface area contributed by atoms with Crippen molar-refractivity contribution in [1.29, 1.82) is 0 Å². The van der Waals surface area contributed by atoms with Crippen molar-refractivity contribution < 1.29 is 18.1 Å². The maximum atomic E-state index is 11.9. The lowest BCUT2D eigenvalue weighted by Gasteiger charge is -2.29. The minimum Gasteiger partial charge on any atom is -0.508 e. The fraction of sp³-hybridized carbons (Fsp3) is 0.308. The molecular weight excluding hydrogens is 379 g/mol. The van der Waals surface area contributed by atoms with E-state index >= 15 is 0 Å². The van der Waals surface area contributed by atoms with Gasteiger partial charge in [0.05, 0.1) is 0 Å². The molecule has 1 atom stereocenters. The quantitative estimate of drug-likeness (QED) is 0.720. The van der Waals surface area contributed by atoms with E-state index in [4.69, 9.17) is 23.2 Å². The van der Waals surface area contributed by atoms with E-state index in [0.717, 1.165) is 0 Å². The van der Waals surface area contributed by atoms with Crippen molar-refractivity contribution in [2.75, 3.05) is 4.90 Å². The summed E-state index contributed by atoms with van der Waals surface area (Å²) in [6.45, 7) is 1.76. The highest BCUT2D eigenvalue weighted by Gasteiger charge is 2.33. The van der Waals surface area contributed by atoms with Gasteiger partial charge in [0.25, 0.3) is 10.1 Å². The monoisotopic (exact) mass is 392 g/mol. The molecule has 1 heterocycles. The van der Waals surface area contributed by atoms with Crippen molar-refractivity contribution in [3.63, 3.8) is 0 Å². The van der Waals surface area contributed by atoms with Crippen LogP contribution in [0.15, 0.2) is 24.3 Å². The van der Waals surface area contributed by atoms with E-state index < -0.39 is 15.5 Å². The van der Waals surface area contributed by atoms with E-state index in [1.165, 1.54) is 29.2 Å². The molecule has 1 aromatic carbocycles. The number of aromatic nitrogens is 3. The molecular formula is C13H14Cl2N4O4S. The van der Waals surface area contributed by atoms with Gasteiger partial charge in [0.1, 0.15) is 5.75 Å². The number of benzene rings is 1. The number of anilines is 2. The predicted octanol–water partition coefficient (Wildman–Crippen LogP) is 3.04. The second kappa shape index (κ2) is 7.47. The van der Waals surface area contributed by atoms with E-state index in [1.807, 2.05) is 0 Å². The molecule has 2 aromatic rings. The first-order chi connectivity index (χ1) is 11.2. The maximum Gasteiger partial charge on any atom is 0.286 e. The molecule has 0 fully saturated rings. The Hall–Kier alpha value is -1.68. The fourth-order valence-electron chi connectivity index (χ4n) is 2.11. The minimum atomic E-state index is -4.48. The molecule has 0 saturated carbocycles. The van der Waals surface area contributed by atoms with Crippen LogP contribution >= 0.6 is 23.2 Å². The first-order valence-corrected chi connectivity index (χ1v) is 9.10. The standard InChI is InChI=1S/C13H14Cl2N4O4S/c1-2-3-10(24(21,22)23)19(8-4-6-9(20)7-5-8)13-17-11(14)16-12(15)18-13/h4-7,10,20H,2-3H2,1H3,(H,21,22,23). The smallest absolute Gasteiger partial charge is 0.286 e. The second-order valence-electron chi connectivity index (χ2n) is 4.82. The first kappa shape index (κ1) is 18.7. The lowest BCUT2D eigenvalue weighted by molar-refractivity contribution is 0.460. The molecule has 0 aliphatic carbocycles. The molecule has 0 amide bonds. The molecule has 0 aliphatic heterocycles. The summed E-state index contributed by atoms with van der Waals surface area (Å²) in [7, 11) is -4.48. The van der Waals surface area contributed by atoms with Crippen LogP contribution in [0.3, 0.4) is 0 Å². The average molecular weight is 393 g/mol. The normalized spacial score (nSPS) is 12.8. The Bertz CT molecular complexity index is 797. The van der Waals surface area contributed by atoms with Gasteiger partial charge in [-0.2, -0.15) is 23.4 Å². The van der Waals surface area contributed by atoms with Gasteiger partial charge in [-0.3, -0.25) is 9.45 Å². The van der Waals surface area contributed by atoms with Gasteiger partial charge in [-0.25, -0.2) is 0 Å². The Morgan fingerprint density at radius 3 is 2.12 bits per heavy atom. The van der Waals surface area contributed by atoms with E-state index in [9.17, 15) is 18.1 Å². The molecule has 130 valence electrons. The molecule has 2 rings (SSSR count). The van der Waals surface area contributed by atoms with Gasteiger partial charge in [-0.15, -0.1) is 0 Å². The second-order valence-corrected chi connectivity index (χ2v) is 7.07. The minimum absolute atomic E-state index is 0.00990. The van der Waals surface area contributed by atoms with Crippen molar-refractivity contribution in [2.24, 2.45) is 0 Å². The average Bonchev–Trinajstić information content (AvgIpc) is 2.46. The Morgan fingerprint density at radius 2 is 1.67 bits per heavy atom. The summed E-state index contributed by atoms with van der Waals surface area (Å²) < 4.78 is 33.4. The van der Waals surface area contributed by atoms with Crippen LogP contribution in [0.4, 0.5) is 11.6 Å². The topological polar surface area (TPSA) is 117 Å². The first-order valence-electron chi connectivity index (χ1n) is 6.84. The number of hydrogen-bond acceptors (Lipinski definition) is 7. The summed E-state index contributed by atoms with van der Waals surface area (Å²) in [6.07, 6.45) is 0.562. The Kier molecular flexibility index (Phi) is 5.81.